The number of benzene rings is 2. The lowest BCUT2D eigenvalue weighted by Crippen LogP contribution is -2.35. The number of para-hydroxylation sites is 1. The highest BCUT2D eigenvalue weighted by Crippen LogP contribution is 2.32. The lowest BCUT2D eigenvalue weighted by atomic mass is 10.0. The first kappa shape index (κ1) is 23.1. The summed E-state index contributed by atoms with van der Waals surface area (Å²) in [6, 6.07) is 11.3. The number of sulfonamides is 1. The summed E-state index contributed by atoms with van der Waals surface area (Å²) in [5.41, 5.74) is 1.48. The van der Waals surface area contributed by atoms with Crippen molar-refractivity contribution in [3.05, 3.63) is 58.6 Å². The number of amides is 1. The minimum absolute atomic E-state index is 0.0468. The lowest BCUT2D eigenvalue weighted by molar-refractivity contribution is -0.124. The van der Waals surface area contributed by atoms with E-state index in [2.05, 4.69) is 5.32 Å². The average molecular weight is 465 g/mol. The van der Waals surface area contributed by atoms with Gasteiger partial charge in [-0.1, -0.05) is 43.6 Å². The fourth-order valence-electron chi connectivity index (χ4n) is 3.28. The minimum Gasteiger partial charge on any atom is -0.452 e. The van der Waals surface area contributed by atoms with Gasteiger partial charge in [0, 0.05) is 13.1 Å². The van der Waals surface area contributed by atoms with Crippen LogP contribution in [0.15, 0.2) is 47.4 Å². The second kappa shape index (κ2) is 9.70. The highest BCUT2D eigenvalue weighted by molar-refractivity contribution is 7.92. The summed E-state index contributed by atoms with van der Waals surface area (Å²) in [6.45, 7) is 4.22. The van der Waals surface area contributed by atoms with Gasteiger partial charge in [0.15, 0.2) is 6.61 Å². The van der Waals surface area contributed by atoms with Crippen LogP contribution in [-0.4, -0.2) is 40.0 Å². The first-order chi connectivity index (χ1) is 14.7. The van der Waals surface area contributed by atoms with Crippen LogP contribution < -0.4 is 9.62 Å². The monoisotopic (exact) mass is 464 g/mol. The van der Waals surface area contributed by atoms with Crippen LogP contribution in [0.4, 0.5) is 5.69 Å². The SMILES string of the molecule is CC(C)CNC(=O)COC(=O)c1cc(S(=O)(=O)N2CCCc3ccccc32)ccc1Cl. The van der Waals surface area contributed by atoms with Gasteiger partial charge in [0.2, 0.25) is 0 Å². The number of ether oxygens (including phenoxy) is 1. The molecular formula is C22H25ClN2O5S. The van der Waals surface area contributed by atoms with Gasteiger partial charge in [-0.05, 0) is 48.6 Å². The molecule has 0 atom stereocenters. The number of rotatable bonds is 7. The van der Waals surface area contributed by atoms with Crippen molar-refractivity contribution in [1.29, 1.82) is 0 Å². The van der Waals surface area contributed by atoms with Crippen molar-refractivity contribution in [3.63, 3.8) is 0 Å². The maximum Gasteiger partial charge on any atom is 0.340 e. The Bertz CT molecular complexity index is 1090. The summed E-state index contributed by atoms with van der Waals surface area (Å²) in [4.78, 5) is 24.2. The van der Waals surface area contributed by atoms with Gasteiger partial charge in [0.05, 0.1) is 21.2 Å². The number of anilines is 1. The molecule has 0 bridgehead atoms. The Balaban J connectivity index is 1.81. The van der Waals surface area contributed by atoms with Crippen LogP contribution in [0.5, 0.6) is 0 Å². The molecule has 2 aromatic rings. The highest BCUT2D eigenvalue weighted by Gasteiger charge is 2.30. The molecule has 0 radical (unpaired) electrons. The minimum atomic E-state index is -3.91. The summed E-state index contributed by atoms with van der Waals surface area (Å²) in [6.07, 6.45) is 1.50. The molecule has 0 fully saturated rings. The number of nitrogens with one attached hydrogen (secondary N) is 1. The molecule has 1 amide bonds. The predicted octanol–water partition coefficient (Wildman–Crippen LogP) is 3.41. The fourth-order valence-corrected chi connectivity index (χ4v) is 5.04. The molecule has 1 aliphatic heterocycles. The molecule has 1 heterocycles. The van der Waals surface area contributed by atoms with Gasteiger partial charge in [0.1, 0.15) is 0 Å². The standard InChI is InChI=1S/C22H25ClN2O5S/c1-15(2)13-24-21(26)14-30-22(27)18-12-17(9-10-19(18)23)31(28,29)25-11-5-7-16-6-3-4-8-20(16)25/h3-4,6,8-10,12,15H,5,7,11,13-14H2,1-2H3,(H,24,26). The van der Waals surface area contributed by atoms with Crippen molar-refractivity contribution < 1.29 is 22.7 Å². The number of fused-ring (bicyclic) bond motifs is 1. The van der Waals surface area contributed by atoms with E-state index in [1.807, 2.05) is 26.0 Å². The molecule has 31 heavy (non-hydrogen) atoms. The smallest absolute Gasteiger partial charge is 0.340 e. The van der Waals surface area contributed by atoms with E-state index < -0.39 is 28.5 Å². The normalized spacial score (nSPS) is 13.6. The predicted molar refractivity (Wildman–Crippen MR) is 119 cm³/mol. The third-order valence-electron chi connectivity index (χ3n) is 4.86. The van der Waals surface area contributed by atoms with Gasteiger partial charge in [0.25, 0.3) is 15.9 Å². The molecule has 1 aliphatic rings. The summed E-state index contributed by atoms with van der Waals surface area (Å²) >= 11 is 6.12. The van der Waals surface area contributed by atoms with Crippen LogP contribution in [0, 0.1) is 5.92 Å². The second-order valence-corrected chi connectivity index (χ2v) is 9.99. The Hall–Kier alpha value is -2.58. The van der Waals surface area contributed by atoms with Crippen molar-refractivity contribution in [2.75, 3.05) is 24.0 Å². The zero-order chi connectivity index (χ0) is 22.6. The van der Waals surface area contributed by atoms with Gasteiger partial charge in [-0.2, -0.15) is 0 Å². The molecule has 7 nitrogen and oxygen atoms in total. The molecule has 1 N–H and O–H groups in total. The zero-order valence-corrected chi connectivity index (χ0v) is 19.0. The Morgan fingerprint density at radius 2 is 1.94 bits per heavy atom. The number of hydrogen-bond acceptors (Lipinski definition) is 5. The van der Waals surface area contributed by atoms with E-state index in [-0.39, 0.29) is 21.4 Å². The van der Waals surface area contributed by atoms with E-state index in [0.29, 0.717) is 25.2 Å². The zero-order valence-electron chi connectivity index (χ0n) is 17.4. The van der Waals surface area contributed by atoms with E-state index >= 15 is 0 Å². The number of aryl methyl sites for hydroxylation is 1. The van der Waals surface area contributed by atoms with Crippen LogP contribution >= 0.6 is 11.6 Å². The van der Waals surface area contributed by atoms with E-state index in [0.717, 1.165) is 12.0 Å². The van der Waals surface area contributed by atoms with Crippen molar-refractivity contribution in [3.8, 4) is 0 Å². The molecule has 0 aliphatic carbocycles. The van der Waals surface area contributed by atoms with Crippen LogP contribution in [0.3, 0.4) is 0 Å². The number of esters is 1. The summed E-state index contributed by atoms with van der Waals surface area (Å²) in [7, 11) is -3.91. The van der Waals surface area contributed by atoms with E-state index in [9.17, 15) is 18.0 Å². The van der Waals surface area contributed by atoms with Crippen LogP contribution in [0.2, 0.25) is 5.02 Å². The Labute approximate surface area is 187 Å². The maximum absolute atomic E-state index is 13.3. The maximum atomic E-state index is 13.3. The van der Waals surface area contributed by atoms with E-state index in [1.165, 1.54) is 22.5 Å². The molecule has 3 rings (SSSR count). The van der Waals surface area contributed by atoms with E-state index in [4.69, 9.17) is 16.3 Å². The van der Waals surface area contributed by atoms with Crippen molar-refractivity contribution in [1.82, 2.24) is 5.32 Å². The topological polar surface area (TPSA) is 92.8 Å². The Morgan fingerprint density at radius 1 is 1.19 bits per heavy atom. The molecule has 0 spiro atoms. The molecule has 0 aromatic heterocycles. The summed E-state index contributed by atoms with van der Waals surface area (Å²) in [5.74, 6) is -1.04. The number of hydrogen-bond donors (Lipinski definition) is 1. The van der Waals surface area contributed by atoms with Crippen LogP contribution in [0.1, 0.15) is 36.2 Å². The second-order valence-electron chi connectivity index (χ2n) is 7.73. The number of nitrogens with zero attached hydrogens (tertiary/aromatic N) is 1. The molecule has 9 heteroatoms. The van der Waals surface area contributed by atoms with Crippen LogP contribution in [0.25, 0.3) is 0 Å². The van der Waals surface area contributed by atoms with Gasteiger partial charge in [-0.15, -0.1) is 0 Å². The summed E-state index contributed by atoms with van der Waals surface area (Å²) < 4.78 is 33.0. The quantitative estimate of drug-likeness (QED) is 0.634. The van der Waals surface area contributed by atoms with Gasteiger partial charge in [-0.25, -0.2) is 13.2 Å². The Morgan fingerprint density at radius 3 is 2.68 bits per heavy atom. The molecule has 0 unspecified atom stereocenters. The Kier molecular flexibility index (Phi) is 7.23. The first-order valence-electron chi connectivity index (χ1n) is 10.0. The van der Waals surface area contributed by atoms with E-state index in [1.54, 1.807) is 12.1 Å². The molecule has 2 aromatic carbocycles. The van der Waals surface area contributed by atoms with Crippen LogP contribution in [-0.2, 0) is 26.0 Å². The van der Waals surface area contributed by atoms with Crippen molar-refractivity contribution >= 4 is 39.2 Å². The summed E-state index contributed by atoms with van der Waals surface area (Å²) in [5, 5.41) is 2.69. The average Bonchev–Trinajstić information content (AvgIpc) is 2.75. The van der Waals surface area contributed by atoms with Gasteiger partial charge in [-0.3, -0.25) is 9.10 Å². The van der Waals surface area contributed by atoms with Gasteiger partial charge >= 0.3 is 5.97 Å². The van der Waals surface area contributed by atoms with Gasteiger partial charge < -0.3 is 10.1 Å². The first-order valence-corrected chi connectivity index (χ1v) is 11.9. The highest BCUT2D eigenvalue weighted by atomic mass is 35.5. The number of carbonyl (C=O) groups is 2. The van der Waals surface area contributed by atoms with Crippen molar-refractivity contribution in [2.45, 2.75) is 31.6 Å². The third kappa shape index (κ3) is 5.37. The number of carbonyl (C=O) groups excluding carboxylic acids is 2. The molecular weight excluding hydrogens is 440 g/mol. The number of halogens is 1. The fraction of sp³-hybridized carbons (Fsp3) is 0.364. The lowest BCUT2D eigenvalue weighted by Gasteiger charge is -2.30. The van der Waals surface area contributed by atoms with Crippen molar-refractivity contribution in [2.24, 2.45) is 5.92 Å². The molecule has 166 valence electrons. The third-order valence-corrected chi connectivity index (χ3v) is 6.99. The molecule has 0 saturated carbocycles. The largest absolute Gasteiger partial charge is 0.452 e. The molecule has 0 saturated heterocycles.